The van der Waals surface area contributed by atoms with E-state index in [9.17, 15) is 9.90 Å². The van der Waals surface area contributed by atoms with Crippen molar-refractivity contribution in [3.8, 4) is 5.75 Å². The summed E-state index contributed by atoms with van der Waals surface area (Å²) in [5, 5.41) is 13.1. The summed E-state index contributed by atoms with van der Waals surface area (Å²) in [6.07, 6.45) is 1.65. The number of benzene rings is 1. The van der Waals surface area contributed by atoms with Crippen LogP contribution in [-0.4, -0.2) is 24.2 Å². The average Bonchev–Trinajstić information content (AvgIpc) is 2.98. The maximum atomic E-state index is 12.1. The van der Waals surface area contributed by atoms with E-state index in [-0.39, 0.29) is 12.5 Å². The molecule has 1 heterocycles. The van der Waals surface area contributed by atoms with Crippen LogP contribution in [0.1, 0.15) is 28.8 Å². The summed E-state index contributed by atoms with van der Waals surface area (Å²) < 4.78 is 10.8. The van der Waals surface area contributed by atoms with E-state index in [0.717, 1.165) is 0 Å². The predicted octanol–water partition coefficient (Wildman–Crippen LogP) is 2.79. The summed E-state index contributed by atoms with van der Waals surface area (Å²) >= 11 is 0. The highest BCUT2D eigenvalue weighted by molar-refractivity contribution is 5.94. The van der Waals surface area contributed by atoms with E-state index in [1.165, 1.54) is 0 Å². The number of ether oxygens (including phenoxy) is 1. The molecule has 0 aliphatic heterocycles. The van der Waals surface area contributed by atoms with Gasteiger partial charge in [0.2, 0.25) is 0 Å². The third kappa shape index (κ3) is 4.47. The number of aryl methyl sites for hydroxylation is 1. The zero-order chi connectivity index (χ0) is 16.9. The van der Waals surface area contributed by atoms with Gasteiger partial charge in [0, 0.05) is 5.56 Å². The van der Waals surface area contributed by atoms with Crippen LogP contribution in [0.15, 0.2) is 53.5 Å². The van der Waals surface area contributed by atoms with Crippen molar-refractivity contribution in [2.24, 2.45) is 0 Å². The van der Waals surface area contributed by atoms with Gasteiger partial charge in [0.25, 0.3) is 5.91 Å². The quantitative estimate of drug-likeness (QED) is 0.771. The molecule has 0 aliphatic carbocycles. The van der Waals surface area contributed by atoms with Crippen LogP contribution in [0.5, 0.6) is 5.75 Å². The van der Waals surface area contributed by atoms with Crippen molar-refractivity contribution in [3.63, 3.8) is 0 Å². The third-order valence-corrected chi connectivity index (χ3v) is 3.35. The molecule has 0 fully saturated rings. The number of rotatable bonds is 7. The molecule has 5 heteroatoms. The van der Waals surface area contributed by atoms with Crippen molar-refractivity contribution in [1.29, 1.82) is 0 Å². The number of nitrogens with one attached hydrogen (secondary N) is 1. The second-order valence-corrected chi connectivity index (χ2v) is 5.49. The largest absolute Gasteiger partial charge is 0.490 e. The Kier molecular flexibility index (Phi) is 5.24. The van der Waals surface area contributed by atoms with Crippen LogP contribution in [-0.2, 0) is 5.60 Å². The van der Waals surface area contributed by atoms with E-state index in [1.54, 1.807) is 56.3 Å². The van der Waals surface area contributed by atoms with E-state index in [0.29, 0.717) is 29.4 Å². The Hall–Kier alpha value is -2.53. The number of furan rings is 1. The fraction of sp³-hybridized carbons (Fsp3) is 0.278. The second-order valence-electron chi connectivity index (χ2n) is 5.49. The molecule has 1 aromatic carbocycles. The SMILES string of the molecule is C=CCOc1ccc(C(=O)NCC(C)(O)c2ccc(C)o2)cc1. The number of carbonyl (C=O) groups is 1. The Morgan fingerprint density at radius 1 is 1.35 bits per heavy atom. The normalized spacial score (nSPS) is 13.2. The molecule has 0 saturated carbocycles. The standard InChI is InChI=1S/C18H21NO4/c1-4-11-22-15-8-6-14(7-9-15)17(20)19-12-18(3,21)16-10-5-13(2)23-16/h4-10,21H,1,11-12H2,2-3H3,(H,19,20). The fourth-order valence-electron chi connectivity index (χ4n) is 2.02. The Labute approximate surface area is 135 Å². The van der Waals surface area contributed by atoms with Gasteiger partial charge in [-0.1, -0.05) is 12.7 Å². The summed E-state index contributed by atoms with van der Waals surface area (Å²) in [5.74, 6) is 1.52. The minimum atomic E-state index is -1.27. The summed E-state index contributed by atoms with van der Waals surface area (Å²) in [6, 6.07) is 10.2. The van der Waals surface area contributed by atoms with Crippen LogP contribution in [0.25, 0.3) is 0 Å². The van der Waals surface area contributed by atoms with Gasteiger partial charge in [-0.2, -0.15) is 0 Å². The van der Waals surface area contributed by atoms with E-state index >= 15 is 0 Å². The van der Waals surface area contributed by atoms with Crippen LogP contribution in [0, 0.1) is 6.92 Å². The molecule has 23 heavy (non-hydrogen) atoms. The molecule has 2 N–H and O–H groups in total. The zero-order valence-electron chi connectivity index (χ0n) is 13.3. The first-order valence-electron chi connectivity index (χ1n) is 7.33. The number of amides is 1. The Morgan fingerprint density at radius 3 is 2.61 bits per heavy atom. The summed E-state index contributed by atoms with van der Waals surface area (Å²) in [7, 11) is 0. The number of hydrogen-bond acceptors (Lipinski definition) is 4. The van der Waals surface area contributed by atoms with Crippen molar-refractivity contribution in [1.82, 2.24) is 5.32 Å². The van der Waals surface area contributed by atoms with Gasteiger partial charge in [0.1, 0.15) is 29.5 Å². The van der Waals surface area contributed by atoms with Crippen molar-refractivity contribution >= 4 is 5.91 Å². The van der Waals surface area contributed by atoms with Crippen molar-refractivity contribution in [2.45, 2.75) is 19.4 Å². The molecule has 0 bridgehead atoms. The molecule has 0 aliphatic rings. The molecular formula is C18H21NO4. The molecule has 122 valence electrons. The first-order valence-corrected chi connectivity index (χ1v) is 7.33. The van der Waals surface area contributed by atoms with Gasteiger partial charge in [-0.25, -0.2) is 0 Å². The molecule has 5 nitrogen and oxygen atoms in total. The lowest BCUT2D eigenvalue weighted by Gasteiger charge is -2.21. The van der Waals surface area contributed by atoms with Gasteiger partial charge >= 0.3 is 0 Å². The molecule has 2 aromatic rings. The molecule has 1 aromatic heterocycles. The average molecular weight is 315 g/mol. The van der Waals surface area contributed by atoms with Gasteiger partial charge < -0.3 is 19.6 Å². The summed E-state index contributed by atoms with van der Waals surface area (Å²) in [6.45, 7) is 7.43. The highest BCUT2D eigenvalue weighted by Gasteiger charge is 2.27. The van der Waals surface area contributed by atoms with Crippen LogP contribution in [0.4, 0.5) is 0 Å². The van der Waals surface area contributed by atoms with Crippen LogP contribution in [0.2, 0.25) is 0 Å². The first kappa shape index (κ1) is 16.8. The Morgan fingerprint density at radius 2 is 2.04 bits per heavy atom. The fourth-order valence-corrected chi connectivity index (χ4v) is 2.02. The molecule has 0 radical (unpaired) electrons. The number of hydrogen-bond donors (Lipinski definition) is 2. The maximum absolute atomic E-state index is 12.1. The minimum Gasteiger partial charge on any atom is -0.490 e. The lowest BCUT2D eigenvalue weighted by molar-refractivity contribution is 0.0323. The third-order valence-electron chi connectivity index (χ3n) is 3.35. The van der Waals surface area contributed by atoms with Gasteiger partial charge in [0.15, 0.2) is 0 Å². The van der Waals surface area contributed by atoms with E-state index in [4.69, 9.17) is 9.15 Å². The zero-order valence-corrected chi connectivity index (χ0v) is 13.3. The number of carbonyl (C=O) groups excluding carboxylic acids is 1. The molecule has 0 spiro atoms. The van der Waals surface area contributed by atoms with Crippen LogP contribution >= 0.6 is 0 Å². The molecule has 0 saturated heterocycles. The smallest absolute Gasteiger partial charge is 0.251 e. The van der Waals surface area contributed by atoms with Gasteiger partial charge in [0.05, 0.1) is 6.54 Å². The molecule has 1 amide bonds. The van der Waals surface area contributed by atoms with Crippen molar-refractivity contribution in [3.05, 3.63) is 66.1 Å². The van der Waals surface area contributed by atoms with Crippen LogP contribution < -0.4 is 10.1 Å². The van der Waals surface area contributed by atoms with E-state index in [1.807, 2.05) is 0 Å². The Bertz CT molecular complexity index is 671. The van der Waals surface area contributed by atoms with Gasteiger partial charge in [-0.3, -0.25) is 4.79 Å². The lowest BCUT2D eigenvalue weighted by Crippen LogP contribution is -2.38. The molecule has 2 rings (SSSR count). The van der Waals surface area contributed by atoms with Gasteiger partial charge in [-0.15, -0.1) is 0 Å². The van der Waals surface area contributed by atoms with Crippen LogP contribution in [0.3, 0.4) is 0 Å². The topological polar surface area (TPSA) is 71.7 Å². The van der Waals surface area contributed by atoms with Crippen molar-refractivity contribution in [2.75, 3.05) is 13.2 Å². The molecular weight excluding hydrogens is 294 g/mol. The van der Waals surface area contributed by atoms with Crippen molar-refractivity contribution < 1.29 is 19.1 Å². The predicted molar refractivity (Wildman–Crippen MR) is 87.5 cm³/mol. The molecule has 1 unspecified atom stereocenters. The second kappa shape index (κ2) is 7.15. The van der Waals surface area contributed by atoms with E-state index in [2.05, 4.69) is 11.9 Å². The lowest BCUT2D eigenvalue weighted by atomic mass is 10.0. The monoisotopic (exact) mass is 315 g/mol. The summed E-state index contributed by atoms with van der Waals surface area (Å²) in [4.78, 5) is 12.1. The first-order chi connectivity index (χ1) is 10.9. The Balaban J connectivity index is 1.95. The maximum Gasteiger partial charge on any atom is 0.251 e. The minimum absolute atomic E-state index is 0.0491. The highest BCUT2D eigenvalue weighted by Crippen LogP contribution is 2.22. The van der Waals surface area contributed by atoms with E-state index < -0.39 is 5.60 Å². The molecule has 1 atom stereocenters. The highest BCUT2D eigenvalue weighted by atomic mass is 16.5. The number of aliphatic hydroxyl groups is 1. The summed E-state index contributed by atoms with van der Waals surface area (Å²) in [5.41, 5.74) is -0.779. The van der Waals surface area contributed by atoms with Gasteiger partial charge in [-0.05, 0) is 50.2 Å².